The number of rotatable bonds is 22. The number of hydrogen-bond acceptors (Lipinski definition) is 1. The van der Waals surface area contributed by atoms with Crippen LogP contribution in [0.4, 0.5) is 0 Å². The Labute approximate surface area is 199 Å². The molecule has 0 saturated heterocycles. The van der Waals surface area contributed by atoms with Gasteiger partial charge in [0.1, 0.15) is 5.82 Å². The van der Waals surface area contributed by atoms with E-state index in [1.54, 1.807) is 0 Å². The summed E-state index contributed by atoms with van der Waals surface area (Å²) < 4.78 is 0. The Bertz CT molecular complexity index is 627. The molecule has 0 amide bonds. The van der Waals surface area contributed by atoms with E-state index in [-0.39, 0.29) is 0 Å². The standard InChI is InChI=1S/C30H52N2/c1-2-3-4-5-6-7-8-9-10-11-12-13-14-15-16-17-18-19-20-21-22-27-30-31-28-25-23-24-26-29(28)32-30/h23-26H,2-22,27H2,1H3,(H,31,32). The van der Waals surface area contributed by atoms with Gasteiger partial charge >= 0.3 is 0 Å². The Morgan fingerprint density at radius 2 is 0.938 bits per heavy atom. The summed E-state index contributed by atoms with van der Waals surface area (Å²) in [6.45, 7) is 2.30. The van der Waals surface area contributed by atoms with E-state index < -0.39 is 0 Å². The smallest absolute Gasteiger partial charge is 0.107 e. The Balaban J connectivity index is 1.24. The van der Waals surface area contributed by atoms with Gasteiger partial charge in [0.05, 0.1) is 11.0 Å². The molecule has 0 saturated carbocycles. The van der Waals surface area contributed by atoms with Crippen molar-refractivity contribution in [2.75, 3.05) is 0 Å². The second kappa shape index (κ2) is 19.2. The molecule has 0 spiro atoms. The van der Waals surface area contributed by atoms with Crippen LogP contribution in [0.2, 0.25) is 0 Å². The van der Waals surface area contributed by atoms with Gasteiger partial charge in [-0.05, 0) is 18.6 Å². The van der Waals surface area contributed by atoms with Crippen molar-refractivity contribution in [1.82, 2.24) is 9.97 Å². The van der Waals surface area contributed by atoms with Crippen LogP contribution in [-0.2, 0) is 6.42 Å². The van der Waals surface area contributed by atoms with E-state index in [0.717, 1.165) is 17.8 Å². The van der Waals surface area contributed by atoms with E-state index in [9.17, 15) is 0 Å². The van der Waals surface area contributed by atoms with Crippen LogP contribution in [0.3, 0.4) is 0 Å². The third kappa shape index (κ3) is 13.3. The van der Waals surface area contributed by atoms with Gasteiger partial charge in [-0.2, -0.15) is 0 Å². The first kappa shape index (κ1) is 26.9. The zero-order valence-corrected chi connectivity index (χ0v) is 21.3. The van der Waals surface area contributed by atoms with Gasteiger partial charge in [-0.25, -0.2) is 4.98 Å². The number of aromatic nitrogens is 2. The van der Waals surface area contributed by atoms with Crippen molar-refractivity contribution in [2.45, 2.75) is 148 Å². The van der Waals surface area contributed by atoms with Gasteiger partial charge in [0, 0.05) is 6.42 Å². The highest BCUT2D eigenvalue weighted by Crippen LogP contribution is 2.16. The van der Waals surface area contributed by atoms with Crippen LogP contribution < -0.4 is 0 Å². The van der Waals surface area contributed by atoms with Crippen molar-refractivity contribution in [1.29, 1.82) is 0 Å². The predicted octanol–water partition coefficient (Wildman–Crippen LogP) is 10.3. The number of nitrogens with one attached hydrogen (secondary N) is 1. The average molecular weight is 441 g/mol. The van der Waals surface area contributed by atoms with Gasteiger partial charge in [-0.1, -0.05) is 147 Å². The molecule has 1 N–H and O–H groups in total. The van der Waals surface area contributed by atoms with Crippen LogP contribution in [-0.4, -0.2) is 9.97 Å². The highest BCUT2D eigenvalue weighted by molar-refractivity contribution is 5.74. The van der Waals surface area contributed by atoms with E-state index in [2.05, 4.69) is 41.2 Å². The summed E-state index contributed by atoms with van der Waals surface area (Å²) in [5, 5.41) is 0. The van der Waals surface area contributed by atoms with Crippen LogP contribution >= 0.6 is 0 Å². The minimum absolute atomic E-state index is 1.09. The molecule has 2 heteroatoms. The number of benzene rings is 1. The average Bonchev–Trinajstić information content (AvgIpc) is 3.23. The molecule has 0 unspecified atom stereocenters. The van der Waals surface area contributed by atoms with E-state index in [1.165, 1.54) is 140 Å². The highest BCUT2D eigenvalue weighted by Gasteiger charge is 2.01. The predicted molar refractivity (Wildman–Crippen MR) is 142 cm³/mol. The summed E-state index contributed by atoms with van der Waals surface area (Å²) in [5.74, 6) is 1.16. The van der Waals surface area contributed by atoms with Gasteiger partial charge in [0.2, 0.25) is 0 Å². The molecule has 1 aromatic carbocycles. The maximum absolute atomic E-state index is 4.68. The zero-order valence-electron chi connectivity index (χ0n) is 21.3. The summed E-state index contributed by atoms with van der Waals surface area (Å²) in [4.78, 5) is 8.13. The van der Waals surface area contributed by atoms with Crippen molar-refractivity contribution in [3.8, 4) is 0 Å². The monoisotopic (exact) mass is 440 g/mol. The van der Waals surface area contributed by atoms with Crippen LogP contribution in [0.15, 0.2) is 24.3 Å². The molecule has 2 rings (SSSR count). The molecule has 0 aliphatic carbocycles. The minimum Gasteiger partial charge on any atom is -0.342 e. The number of para-hydroxylation sites is 2. The molecular formula is C30H52N2. The summed E-state index contributed by atoms with van der Waals surface area (Å²) in [7, 11) is 0. The fourth-order valence-electron chi connectivity index (χ4n) is 4.85. The molecule has 0 fully saturated rings. The summed E-state index contributed by atoms with van der Waals surface area (Å²) in [5.41, 5.74) is 2.27. The number of hydrogen-bond donors (Lipinski definition) is 1. The van der Waals surface area contributed by atoms with Gasteiger partial charge < -0.3 is 4.98 Å². The molecule has 0 radical (unpaired) electrons. The van der Waals surface area contributed by atoms with E-state index in [1.807, 2.05) is 0 Å². The molecule has 1 aromatic heterocycles. The third-order valence-electron chi connectivity index (χ3n) is 6.96. The van der Waals surface area contributed by atoms with E-state index in [4.69, 9.17) is 0 Å². The molecule has 0 atom stereocenters. The lowest BCUT2D eigenvalue weighted by Crippen LogP contribution is -1.89. The number of imidazole rings is 1. The Hall–Kier alpha value is -1.31. The zero-order chi connectivity index (χ0) is 22.5. The lowest BCUT2D eigenvalue weighted by atomic mass is 10.0. The lowest BCUT2D eigenvalue weighted by Gasteiger charge is -2.04. The van der Waals surface area contributed by atoms with Crippen LogP contribution in [0.1, 0.15) is 148 Å². The molecule has 2 aromatic rings. The fourth-order valence-corrected chi connectivity index (χ4v) is 4.85. The number of aromatic amines is 1. The lowest BCUT2D eigenvalue weighted by molar-refractivity contribution is 0.520. The maximum Gasteiger partial charge on any atom is 0.107 e. The van der Waals surface area contributed by atoms with Crippen LogP contribution in [0.25, 0.3) is 11.0 Å². The molecule has 32 heavy (non-hydrogen) atoms. The Morgan fingerprint density at radius 3 is 1.38 bits per heavy atom. The Kier molecular flexibility index (Phi) is 16.2. The van der Waals surface area contributed by atoms with Gasteiger partial charge in [-0.15, -0.1) is 0 Å². The van der Waals surface area contributed by atoms with Crippen molar-refractivity contribution < 1.29 is 0 Å². The van der Waals surface area contributed by atoms with Crippen molar-refractivity contribution in [3.05, 3.63) is 30.1 Å². The number of aryl methyl sites for hydroxylation is 1. The number of nitrogens with zero attached hydrogens (tertiary/aromatic N) is 1. The first-order valence-corrected chi connectivity index (χ1v) is 14.3. The van der Waals surface area contributed by atoms with Crippen LogP contribution in [0, 0.1) is 0 Å². The molecule has 0 aliphatic heterocycles. The maximum atomic E-state index is 4.68. The van der Waals surface area contributed by atoms with E-state index >= 15 is 0 Å². The number of fused-ring (bicyclic) bond motifs is 1. The fraction of sp³-hybridized carbons (Fsp3) is 0.767. The largest absolute Gasteiger partial charge is 0.342 e. The van der Waals surface area contributed by atoms with Crippen molar-refractivity contribution in [2.24, 2.45) is 0 Å². The minimum atomic E-state index is 1.09. The molecule has 2 nitrogen and oxygen atoms in total. The second-order valence-corrected chi connectivity index (χ2v) is 10.0. The topological polar surface area (TPSA) is 28.7 Å². The number of H-pyrrole nitrogens is 1. The third-order valence-corrected chi connectivity index (χ3v) is 6.96. The molecule has 0 bridgehead atoms. The first-order chi connectivity index (χ1) is 15.9. The second-order valence-electron chi connectivity index (χ2n) is 10.0. The molecule has 1 heterocycles. The Morgan fingerprint density at radius 1 is 0.531 bits per heavy atom. The van der Waals surface area contributed by atoms with Gasteiger partial charge in [0.25, 0.3) is 0 Å². The molecule has 0 aliphatic rings. The van der Waals surface area contributed by atoms with Crippen LogP contribution in [0.5, 0.6) is 0 Å². The number of unbranched alkanes of at least 4 members (excludes halogenated alkanes) is 20. The SMILES string of the molecule is CCCCCCCCCCCCCCCCCCCCCCCc1nc2ccccc2[nH]1. The van der Waals surface area contributed by atoms with Gasteiger partial charge in [0.15, 0.2) is 0 Å². The van der Waals surface area contributed by atoms with Crippen molar-refractivity contribution >= 4 is 11.0 Å². The summed E-state index contributed by atoms with van der Waals surface area (Å²) in [6, 6.07) is 8.34. The highest BCUT2D eigenvalue weighted by atomic mass is 14.9. The summed E-state index contributed by atoms with van der Waals surface area (Å²) in [6.07, 6.45) is 31.3. The first-order valence-electron chi connectivity index (χ1n) is 14.3. The quantitative estimate of drug-likeness (QED) is 0.181. The van der Waals surface area contributed by atoms with Gasteiger partial charge in [-0.3, -0.25) is 0 Å². The molecular weight excluding hydrogens is 388 g/mol. The van der Waals surface area contributed by atoms with Crippen molar-refractivity contribution in [3.63, 3.8) is 0 Å². The summed E-state index contributed by atoms with van der Waals surface area (Å²) >= 11 is 0. The normalized spacial score (nSPS) is 11.5. The molecule has 182 valence electrons. The van der Waals surface area contributed by atoms with E-state index in [0.29, 0.717) is 0 Å².